The van der Waals surface area contributed by atoms with Crippen LogP contribution in [0.1, 0.15) is 17.2 Å². The molecule has 0 aliphatic carbocycles. The summed E-state index contributed by atoms with van der Waals surface area (Å²) in [6.45, 7) is 3.25. The molecule has 0 aliphatic rings. The SMILES string of the molecule is CNCc1nccn1Cc1nonc1C. The average Bonchev–Trinajstić information content (AvgIpc) is 2.80. The lowest BCUT2D eigenvalue weighted by Gasteiger charge is -2.04. The number of nitrogens with zero attached hydrogens (tertiary/aromatic N) is 4. The van der Waals surface area contributed by atoms with Gasteiger partial charge in [0.1, 0.15) is 17.2 Å². The maximum absolute atomic E-state index is 4.64. The Hall–Kier alpha value is -1.69. The summed E-state index contributed by atoms with van der Waals surface area (Å²) in [5, 5.41) is 10.6. The van der Waals surface area contributed by atoms with Gasteiger partial charge in [-0.3, -0.25) is 0 Å². The summed E-state index contributed by atoms with van der Waals surface area (Å²) in [6, 6.07) is 0. The van der Waals surface area contributed by atoms with Crippen LogP contribution in [0, 0.1) is 6.92 Å². The van der Waals surface area contributed by atoms with Crippen molar-refractivity contribution in [3.05, 3.63) is 29.6 Å². The van der Waals surface area contributed by atoms with E-state index in [-0.39, 0.29) is 0 Å². The van der Waals surface area contributed by atoms with Crippen molar-refractivity contribution >= 4 is 0 Å². The van der Waals surface area contributed by atoms with Gasteiger partial charge in [0, 0.05) is 12.4 Å². The minimum Gasteiger partial charge on any atom is -0.328 e. The van der Waals surface area contributed by atoms with Crippen LogP contribution in [0.4, 0.5) is 0 Å². The number of hydrogen-bond donors (Lipinski definition) is 1. The maximum atomic E-state index is 4.64. The molecule has 2 aromatic heterocycles. The highest BCUT2D eigenvalue weighted by molar-refractivity contribution is 5.07. The summed E-state index contributed by atoms with van der Waals surface area (Å²) in [7, 11) is 1.89. The lowest BCUT2D eigenvalue weighted by molar-refractivity contribution is 0.300. The summed E-state index contributed by atoms with van der Waals surface area (Å²) in [4.78, 5) is 4.24. The minimum absolute atomic E-state index is 0.645. The van der Waals surface area contributed by atoms with E-state index in [1.54, 1.807) is 6.20 Å². The van der Waals surface area contributed by atoms with Gasteiger partial charge in [-0.2, -0.15) is 0 Å². The van der Waals surface area contributed by atoms with E-state index >= 15 is 0 Å². The highest BCUT2D eigenvalue weighted by Gasteiger charge is 2.08. The summed E-state index contributed by atoms with van der Waals surface area (Å²) >= 11 is 0. The van der Waals surface area contributed by atoms with E-state index in [1.807, 2.05) is 24.7 Å². The van der Waals surface area contributed by atoms with E-state index in [0.29, 0.717) is 6.54 Å². The number of imidazole rings is 1. The first-order chi connectivity index (χ1) is 7.31. The van der Waals surface area contributed by atoms with Crippen molar-refractivity contribution in [3.8, 4) is 0 Å². The van der Waals surface area contributed by atoms with Gasteiger partial charge in [0.2, 0.25) is 0 Å². The molecule has 0 spiro atoms. The molecule has 0 atom stereocenters. The van der Waals surface area contributed by atoms with Crippen molar-refractivity contribution in [3.63, 3.8) is 0 Å². The molecule has 0 bridgehead atoms. The first kappa shape index (κ1) is 9.85. The molecule has 0 aromatic carbocycles. The van der Waals surface area contributed by atoms with Crippen molar-refractivity contribution in [1.29, 1.82) is 0 Å². The molecule has 0 saturated carbocycles. The smallest absolute Gasteiger partial charge is 0.127 e. The molecule has 2 rings (SSSR count). The van der Waals surface area contributed by atoms with Crippen LogP contribution in [0.3, 0.4) is 0 Å². The Kier molecular flexibility index (Phi) is 2.77. The largest absolute Gasteiger partial charge is 0.328 e. The van der Waals surface area contributed by atoms with Crippen LogP contribution in [0.15, 0.2) is 17.0 Å². The molecule has 6 nitrogen and oxygen atoms in total. The monoisotopic (exact) mass is 207 g/mol. The number of rotatable bonds is 4. The maximum Gasteiger partial charge on any atom is 0.127 e. The minimum atomic E-state index is 0.645. The van der Waals surface area contributed by atoms with Gasteiger partial charge in [-0.15, -0.1) is 0 Å². The van der Waals surface area contributed by atoms with Gasteiger partial charge in [-0.25, -0.2) is 9.61 Å². The van der Waals surface area contributed by atoms with Crippen molar-refractivity contribution in [2.24, 2.45) is 0 Å². The van der Waals surface area contributed by atoms with Gasteiger partial charge in [-0.1, -0.05) is 10.3 Å². The second-order valence-corrected chi connectivity index (χ2v) is 3.30. The highest BCUT2D eigenvalue weighted by atomic mass is 16.6. The van der Waals surface area contributed by atoms with Crippen LogP contribution in [0.5, 0.6) is 0 Å². The van der Waals surface area contributed by atoms with Gasteiger partial charge < -0.3 is 9.88 Å². The highest BCUT2D eigenvalue weighted by Crippen LogP contribution is 2.06. The Bertz CT molecular complexity index is 433. The fraction of sp³-hybridized carbons (Fsp3) is 0.444. The predicted octanol–water partition coefficient (Wildman–Crippen LogP) is 0.342. The third-order valence-corrected chi connectivity index (χ3v) is 2.20. The molecule has 0 saturated heterocycles. The topological polar surface area (TPSA) is 68.8 Å². The zero-order chi connectivity index (χ0) is 10.7. The molecule has 0 aliphatic heterocycles. The molecular weight excluding hydrogens is 194 g/mol. The van der Waals surface area contributed by atoms with Crippen molar-refractivity contribution < 1.29 is 4.63 Å². The Labute approximate surface area is 87.3 Å². The van der Waals surface area contributed by atoms with E-state index < -0.39 is 0 Å². The zero-order valence-corrected chi connectivity index (χ0v) is 8.77. The number of hydrogen-bond acceptors (Lipinski definition) is 5. The van der Waals surface area contributed by atoms with Crippen LogP contribution in [-0.2, 0) is 13.1 Å². The van der Waals surface area contributed by atoms with Gasteiger partial charge >= 0.3 is 0 Å². The van der Waals surface area contributed by atoms with Crippen molar-refractivity contribution in [1.82, 2.24) is 25.2 Å². The van der Waals surface area contributed by atoms with Crippen LogP contribution >= 0.6 is 0 Å². The second-order valence-electron chi connectivity index (χ2n) is 3.30. The van der Waals surface area contributed by atoms with E-state index in [4.69, 9.17) is 0 Å². The fourth-order valence-corrected chi connectivity index (χ4v) is 1.36. The quantitative estimate of drug-likeness (QED) is 0.783. The van der Waals surface area contributed by atoms with Gasteiger partial charge in [0.15, 0.2) is 0 Å². The first-order valence-corrected chi connectivity index (χ1v) is 4.74. The van der Waals surface area contributed by atoms with Crippen LogP contribution in [-0.4, -0.2) is 26.9 Å². The second kappa shape index (κ2) is 4.22. The zero-order valence-electron chi connectivity index (χ0n) is 8.77. The van der Waals surface area contributed by atoms with Gasteiger partial charge in [0.05, 0.1) is 13.1 Å². The normalized spacial score (nSPS) is 10.8. The molecular formula is C9H13N5O. The molecule has 1 N–H and O–H groups in total. The third-order valence-electron chi connectivity index (χ3n) is 2.20. The van der Waals surface area contributed by atoms with Crippen LogP contribution < -0.4 is 5.32 Å². The summed E-state index contributed by atoms with van der Waals surface area (Å²) < 4.78 is 6.66. The standard InChI is InChI=1S/C9H13N5O/c1-7-8(13-15-12-7)6-14-4-3-11-9(14)5-10-2/h3-4,10H,5-6H2,1-2H3. The van der Waals surface area contributed by atoms with Gasteiger partial charge in [0.25, 0.3) is 0 Å². The Balaban J connectivity index is 2.17. The molecule has 0 radical (unpaired) electrons. The molecule has 80 valence electrons. The lowest BCUT2D eigenvalue weighted by Crippen LogP contribution is -2.13. The molecule has 6 heteroatoms. The van der Waals surface area contributed by atoms with E-state index in [9.17, 15) is 0 Å². The Morgan fingerprint density at radius 2 is 2.33 bits per heavy atom. The van der Waals surface area contributed by atoms with Crippen LogP contribution in [0.25, 0.3) is 0 Å². The number of aromatic nitrogens is 4. The molecule has 15 heavy (non-hydrogen) atoms. The van der Waals surface area contributed by atoms with Crippen molar-refractivity contribution in [2.45, 2.75) is 20.0 Å². The van der Waals surface area contributed by atoms with E-state index in [0.717, 1.165) is 23.8 Å². The molecule has 0 unspecified atom stereocenters. The Morgan fingerprint density at radius 3 is 3.00 bits per heavy atom. The first-order valence-electron chi connectivity index (χ1n) is 4.74. The van der Waals surface area contributed by atoms with Crippen LogP contribution in [0.2, 0.25) is 0 Å². The molecule has 2 heterocycles. The van der Waals surface area contributed by atoms with Crippen molar-refractivity contribution in [2.75, 3.05) is 7.05 Å². The molecule has 2 aromatic rings. The average molecular weight is 207 g/mol. The molecule has 0 amide bonds. The van der Waals surface area contributed by atoms with Gasteiger partial charge in [-0.05, 0) is 14.0 Å². The number of nitrogens with one attached hydrogen (secondary N) is 1. The molecule has 0 fully saturated rings. The predicted molar refractivity (Wildman–Crippen MR) is 53.1 cm³/mol. The summed E-state index contributed by atoms with van der Waals surface area (Å²) in [5.41, 5.74) is 1.66. The number of aryl methyl sites for hydroxylation is 1. The summed E-state index contributed by atoms with van der Waals surface area (Å²) in [5.74, 6) is 0.972. The fourth-order valence-electron chi connectivity index (χ4n) is 1.36. The summed E-state index contributed by atoms with van der Waals surface area (Å²) in [6.07, 6.45) is 3.69. The third kappa shape index (κ3) is 2.04. The lowest BCUT2D eigenvalue weighted by atomic mass is 10.3. The van der Waals surface area contributed by atoms with E-state index in [2.05, 4.69) is 25.2 Å². The Morgan fingerprint density at radius 1 is 1.47 bits per heavy atom. The van der Waals surface area contributed by atoms with E-state index in [1.165, 1.54) is 0 Å².